The Hall–Kier alpha value is -2.41. The summed E-state index contributed by atoms with van der Waals surface area (Å²) in [6, 6.07) is 5.62. The number of likely N-dealkylation sites (tertiary alicyclic amines) is 2. The molecule has 0 aromatic heterocycles. The van der Waals surface area contributed by atoms with Gasteiger partial charge in [-0.3, -0.25) is 9.69 Å². The standard InChI is InChI=1S/C25H30ClF6N3O4/c26-18-3-1-2-17(19(18)34-9-4-16(5-10-34)20(36)37)14-33-11-6-23(7-12-33)8-13-35(15-23)22(38)39-21(24(27,28)29)25(30,31)32/h1-3,16,21H,4-15H2,(H,36,37). The highest BCUT2D eigenvalue weighted by Crippen LogP contribution is 2.43. The fourth-order valence-electron chi connectivity index (χ4n) is 5.81. The van der Waals surface area contributed by atoms with Crippen molar-refractivity contribution in [3.63, 3.8) is 0 Å². The summed E-state index contributed by atoms with van der Waals surface area (Å²) in [5.74, 6) is -1.17. The third-order valence-corrected chi connectivity index (χ3v) is 8.36. The summed E-state index contributed by atoms with van der Waals surface area (Å²) >= 11 is 6.55. The molecule has 0 bridgehead atoms. The minimum atomic E-state index is -5.75. The van der Waals surface area contributed by atoms with E-state index in [0.717, 1.165) is 16.2 Å². The van der Waals surface area contributed by atoms with Gasteiger partial charge in [0, 0.05) is 32.7 Å². The van der Waals surface area contributed by atoms with Crippen LogP contribution in [0.15, 0.2) is 18.2 Å². The first kappa shape index (κ1) is 29.6. The molecule has 3 aliphatic rings. The number of halogens is 7. The molecule has 0 atom stereocenters. The number of hydrogen-bond donors (Lipinski definition) is 1. The van der Waals surface area contributed by atoms with Crippen LogP contribution in [-0.4, -0.2) is 84.7 Å². The van der Waals surface area contributed by atoms with Crippen LogP contribution >= 0.6 is 11.6 Å². The number of piperidine rings is 2. The molecular weight excluding hydrogens is 556 g/mol. The average Bonchev–Trinajstić information content (AvgIpc) is 3.26. The van der Waals surface area contributed by atoms with Crippen molar-refractivity contribution in [3.05, 3.63) is 28.8 Å². The van der Waals surface area contributed by atoms with Crippen LogP contribution in [0.5, 0.6) is 0 Å². The Labute approximate surface area is 226 Å². The van der Waals surface area contributed by atoms with Crippen molar-refractivity contribution in [2.45, 2.75) is 57.1 Å². The number of ether oxygens (including phenoxy) is 1. The number of rotatable bonds is 5. The van der Waals surface area contributed by atoms with Crippen LogP contribution in [0.2, 0.25) is 5.02 Å². The van der Waals surface area contributed by atoms with E-state index >= 15 is 0 Å². The molecule has 39 heavy (non-hydrogen) atoms. The molecule has 0 radical (unpaired) electrons. The first-order chi connectivity index (χ1) is 18.2. The van der Waals surface area contributed by atoms with Crippen molar-refractivity contribution in [3.8, 4) is 0 Å². The summed E-state index contributed by atoms with van der Waals surface area (Å²) in [5, 5.41) is 9.87. The van der Waals surface area contributed by atoms with Crippen molar-refractivity contribution >= 4 is 29.4 Å². The molecule has 1 amide bonds. The molecule has 1 aromatic carbocycles. The Kier molecular flexibility index (Phi) is 8.51. The number of carbonyl (C=O) groups excluding carboxylic acids is 1. The third kappa shape index (κ3) is 6.85. The minimum absolute atomic E-state index is 0.0337. The number of carboxylic acids is 1. The van der Waals surface area contributed by atoms with Crippen LogP contribution in [0.25, 0.3) is 0 Å². The summed E-state index contributed by atoms with van der Waals surface area (Å²) in [6.07, 6.45) is -14.5. The largest absolute Gasteiger partial charge is 0.481 e. The van der Waals surface area contributed by atoms with Gasteiger partial charge in [0.15, 0.2) is 0 Å². The molecular formula is C25H30ClF6N3O4. The van der Waals surface area contributed by atoms with E-state index in [1.165, 1.54) is 0 Å². The van der Waals surface area contributed by atoms with E-state index in [2.05, 4.69) is 14.5 Å². The Balaban J connectivity index is 1.34. The molecule has 1 aromatic rings. The lowest BCUT2D eigenvalue weighted by atomic mass is 9.77. The van der Waals surface area contributed by atoms with Gasteiger partial charge < -0.3 is 19.6 Å². The lowest BCUT2D eigenvalue weighted by Crippen LogP contribution is -2.48. The first-order valence-corrected chi connectivity index (χ1v) is 13.1. The molecule has 0 aliphatic carbocycles. The molecule has 3 fully saturated rings. The molecule has 7 nitrogen and oxygen atoms in total. The van der Waals surface area contributed by atoms with E-state index in [0.29, 0.717) is 69.9 Å². The molecule has 0 saturated carbocycles. The highest BCUT2D eigenvalue weighted by atomic mass is 35.5. The molecule has 0 unspecified atom stereocenters. The molecule has 3 aliphatic heterocycles. The maximum atomic E-state index is 12.8. The van der Waals surface area contributed by atoms with Gasteiger partial charge in [0.05, 0.1) is 16.6 Å². The van der Waals surface area contributed by atoms with Crippen molar-refractivity contribution < 1.29 is 45.8 Å². The second kappa shape index (κ2) is 11.2. The van der Waals surface area contributed by atoms with Gasteiger partial charge in [-0.1, -0.05) is 23.7 Å². The van der Waals surface area contributed by atoms with Crippen LogP contribution in [0.4, 0.5) is 36.8 Å². The lowest BCUT2D eigenvalue weighted by molar-refractivity contribution is -0.308. The number of nitrogens with zero attached hydrogens (tertiary/aromatic N) is 3. The number of para-hydroxylation sites is 1. The van der Waals surface area contributed by atoms with Gasteiger partial charge in [-0.15, -0.1) is 0 Å². The van der Waals surface area contributed by atoms with E-state index in [4.69, 9.17) is 11.6 Å². The maximum Gasteiger partial charge on any atom is 0.434 e. The first-order valence-electron chi connectivity index (χ1n) is 12.7. The summed E-state index contributed by atoms with van der Waals surface area (Å²) < 4.78 is 80.7. The zero-order valence-electron chi connectivity index (χ0n) is 21.0. The molecule has 1 spiro atoms. The highest BCUT2D eigenvalue weighted by Gasteiger charge is 2.60. The van der Waals surface area contributed by atoms with Gasteiger partial charge in [0.25, 0.3) is 6.10 Å². The molecule has 3 heterocycles. The number of anilines is 1. The van der Waals surface area contributed by atoms with Crippen LogP contribution < -0.4 is 4.90 Å². The molecule has 4 rings (SSSR count). The number of benzene rings is 1. The van der Waals surface area contributed by atoms with Gasteiger partial charge in [-0.2, -0.15) is 26.3 Å². The smallest absolute Gasteiger partial charge is 0.434 e. The van der Waals surface area contributed by atoms with Crippen LogP contribution in [-0.2, 0) is 16.1 Å². The van der Waals surface area contributed by atoms with Gasteiger partial charge in [-0.05, 0) is 62.2 Å². The summed E-state index contributed by atoms with van der Waals surface area (Å²) in [4.78, 5) is 28.8. The average molecular weight is 586 g/mol. The molecule has 218 valence electrons. The third-order valence-electron chi connectivity index (χ3n) is 8.05. The van der Waals surface area contributed by atoms with Gasteiger partial charge in [-0.25, -0.2) is 4.79 Å². The quantitative estimate of drug-likeness (QED) is 0.456. The fraction of sp³-hybridized carbons (Fsp3) is 0.680. The van der Waals surface area contributed by atoms with E-state index in [-0.39, 0.29) is 19.0 Å². The van der Waals surface area contributed by atoms with Crippen molar-refractivity contribution in [2.75, 3.05) is 44.2 Å². The predicted octanol–water partition coefficient (Wildman–Crippen LogP) is 5.56. The topological polar surface area (TPSA) is 73.3 Å². The van der Waals surface area contributed by atoms with Gasteiger partial charge >= 0.3 is 24.4 Å². The zero-order valence-corrected chi connectivity index (χ0v) is 21.8. The fourth-order valence-corrected chi connectivity index (χ4v) is 6.13. The van der Waals surface area contributed by atoms with E-state index in [9.17, 15) is 41.0 Å². The Morgan fingerprint density at radius 1 is 1.00 bits per heavy atom. The second-order valence-electron chi connectivity index (χ2n) is 10.6. The van der Waals surface area contributed by atoms with Crippen LogP contribution in [0.3, 0.4) is 0 Å². The van der Waals surface area contributed by atoms with E-state index < -0.39 is 35.9 Å². The number of hydrogen-bond acceptors (Lipinski definition) is 5. The predicted molar refractivity (Wildman–Crippen MR) is 130 cm³/mol. The van der Waals surface area contributed by atoms with Gasteiger partial charge in [0.1, 0.15) is 0 Å². The van der Waals surface area contributed by atoms with E-state index in [1.54, 1.807) is 6.07 Å². The Bertz CT molecular complexity index is 1040. The number of aliphatic carboxylic acids is 1. The molecule has 14 heteroatoms. The van der Waals surface area contributed by atoms with Crippen LogP contribution in [0, 0.1) is 11.3 Å². The number of carbonyl (C=O) groups is 2. The zero-order chi connectivity index (χ0) is 28.6. The number of carboxylic acid groups (broad SMARTS) is 1. The Morgan fingerprint density at radius 2 is 1.59 bits per heavy atom. The van der Waals surface area contributed by atoms with Crippen molar-refractivity contribution in [2.24, 2.45) is 11.3 Å². The van der Waals surface area contributed by atoms with E-state index in [1.807, 2.05) is 12.1 Å². The van der Waals surface area contributed by atoms with Crippen molar-refractivity contribution in [1.82, 2.24) is 9.80 Å². The molecule has 1 N–H and O–H groups in total. The maximum absolute atomic E-state index is 12.8. The monoisotopic (exact) mass is 585 g/mol. The second-order valence-corrected chi connectivity index (χ2v) is 11.0. The van der Waals surface area contributed by atoms with Crippen molar-refractivity contribution in [1.29, 1.82) is 0 Å². The van der Waals surface area contributed by atoms with Gasteiger partial charge in [0.2, 0.25) is 0 Å². The van der Waals surface area contributed by atoms with Crippen LogP contribution in [0.1, 0.15) is 37.7 Å². The normalized spacial score (nSPS) is 21.1. The summed E-state index contributed by atoms with van der Waals surface area (Å²) in [5.41, 5.74) is 1.48. The summed E-state index contributed by atoms with van der Waals surface area (Å²) in [6.45, 7) is 3.07. The lowest BCUT2D eigenvalue weighted by Gasteiger charge is -2.40. The number of amides is 1. The SMILES string of the molecule is O=C(O)C1CCN(c2c(Cl)cccc2CN2CCC3(CC2)CCN(C(=O)OC(C(F)(F)F)C(F)(F)F)C3)CC1. The highest BCUT2D eigenvalue weighted by molar-refractivity contribution is 6.33. The number of alkyl halides is 6. The minimum Gasteiger partial charge on any atom is -0.481 e. The molecule has 3 saturated heterocycles. The Morgan fingerprint density at radius 3 is 2.15 bits per heavy atom. The summed E-state index contributed by atoms with van der Waals surface area (Å²) in [7, 11) is 0.